The van der Waals surface area contributed by atoms with Gasteiger partial charge in [-0.3, -0.25) is 13.7 Å². The lowest BCUT2D eigenvalue weighted by molar-refractivity contribution is -0.617. The molecule has 0 amide bonds. The first-order valence-electron chi connectivity index (χ1n) is 16.4. The number of pyridine rings is 1. The third-order valence-electron chi connectivity index (χ3n) is 10.5. The van der Waals surface area contributed by atoms with Gasteiger partial charge in [0.15, 0.2) is 0 Å². The first kappa shape index (κ1) is 29.3. The lowest BCUT2D eigenvalue weighted by Crippen LogP contribution is -2.54. The summed E-state index contributed by atoms with van der Waals surface area (Å²) >= 11 is 0. The third-order valence-corrected chi connectivity index (χ3v) is 10.5. The van der Waals surface area contributed by atoms with Crippen LogP contribution in [-0.2, 0) is 16.2 Å². The molecule has 0 radical (unpaired) electrons. The predicted molar refractivity (Wildman–Crippen MR) is 190 cm³/mol. The molecule has 0 N–H and O–H groups in total. The Balaban J connectivity index is 1.19. The molecule has 0 bridgehead atoms. The van der Waals surface area contributed by atoms with Crippen LogP contribution in [0.3, 0.4) is 0 Å². The average molecular weight is 617 g/mol. The summed E-state index contributed by atoms with van der Waals surface area (Å²) in [5.41, 5.74) is 8.04. The maximum absolute atomic E-state index is 6.58. The van der Waals surface area contributed by atoms with E-state index >= 15 is 0 Å². The topological polar surface area (TPSA) is 35.9 Å². The van der Waals surface area contributed by atoms with E-state index in [0.29, 0.717) is 0 Å². The molecule has 0 atom stereocenters. The van der Waals surface area contributed by atoms with Gasteiger partial charge in [0.2, 0.25) is 0 Å². The lowest BCUT2D eigenvalue weighted by Gasteiger charge is -2.47. The molecule has 4 aromatic carbocycles. The van der Waals surface area contributed by atoms with Crippen LogP contribution in [0.1, 0.15) is 65.3 Å². The molecule has 5 nitrogen and oxygen atoms in total. The summed E-state index contributed by atoms with van der Waals surface area (Å²) in [5, 5.41) is 2.36. The highest BCUT2D eigenvalue weighted by Gasteiger charge is 2.46. The number of para-hydroxylation sites is 2. The molecule has 47 heavy (non-hydrogen) atoms. The van der Waals surface area contributed by atoms with Gasteiger partial charge in [0.1, 0.15) is 17.3 Å². The molecular weight excluding hydrogens is 576 g/mol. The van der Waals surface area contributed by atoms with Crippen molar-refractivity contribution in [1.82, 2.24) is 14.1 Å². The molecule has 5 heteroatoms. The van der Waals surface area contributed by atoms with Crippen molar-refractivity contribution >= 4 is 21.8 Å². The second kappa shape index (κ2) is 10.2. The van der Waals surface area contributed by atoms with Gasteiger partial charge in [-0.1, -0.05) is 90.9 Å². The third kappa shape index (κ3) is 4.51. The van der Waals surface area contributed by atoms with E-state index in [1.807, 2.05) is 18.3 Å². The zero-order valence-electron chi connectivity index (χ0n) is 28.2. The van der Waals surface area contributed by atoms with Gasteiger partial charge in [-0.05, 0) is 76.6 Å². The molecule has 234 valence electrons. The number of imidazole rings is 1. The smallest absolute Gasteiger partial charge is 0.269 e. The second-order valence-electron chi connectivity index (χ2n) is 14.9. The molecule has 1 aliphatic heterocycles. The minimum Gasteiger partial charge on any atom is -0.458 e. The fourth-order valence-electron chi connectivity index (χ4n) is 7.08. The molecule has 8 rings (SSSR count). The van der Waals surface area contributed by atoms with Crippen molar-refractivity contribution in [2.75, 3.05) is 0 Å². The van der Waals surface area contributed by atoms with Crippen molar-refractivity contribution in [2.45, 2.75) is 64.7 Å². The summed E-state index contributed by atoms with van der Waals surface area (Å²) in [6, 6.07) is 36.1. The van der Waals surface area contributed by atoms with Crippen molar-refractivity contribution in [2.24, 2.45) is 0 Å². The lowest BCUT2D eigenvalue weighted by atomic mass is 9.60. The standard InChI is InChI=1S/C42H40N4O/c1-40(2,3)28-21-22-43-39(23-28)46-35-17-10-8-15-32(35)33-20-19-31(25-37(33)46)47-30-14-12-13-29(24-30)44-26-38-42(6,7)41(4,5)34-16-9-11-18-36(34)45(38)27-44/h8-26H,1-7H3. The molecule has 0 spiro atoms. The number of hydrogen-bond donors (Lipinski definition) is 0. The highest BCUT2D eigenvalue weighted by atomic mass is 16.5. The van der Waals surface area contributed by atoms with Crippen LogP contribution in [-0.4, -0.2) is 14.1 Å². The largest absolute Gasteiger partial charge is 0.458 e. The Morgan fingerprint density at radius 3 is 2.30 bits per heavy atom. The van der Waals surface area contributed by atoms with Gasteiger partial charge in [0, 0.05) is 34.6 Å². The summed E-state index contributed by atoms with van der Waals surface area (Å²) in [6.07, 6.45) is 7.77. The Morgan fingerprint density at radius 2 is 1.47 bits per heavy atom. The van der Waals surface area contributed by atoms with Gasteiger partial charge >= 0.3 is 0 Å². The molecule has 0 saturated heterocycles. The highest BCUT2D eigenvalue weighted by Crippen LogP contribution is 2.47. The second-order valence-corrected chi connectivity index (χ2v) is 14.9. The van der Waals surface area contributed by atoms with Crippen molar-refractivity contribution in [3.05, 3.63) is 139 Å². The predicted octanol–water partition coefficient (Wildman–Crippen LogP) is 9.70. The van der Waals surface area contributed by atoms with E-state index in [9.17, 15) is 0 Å². The Hall–Kier alpha value is -5.16. The first-order chi connectivity index (χ1) is 22.4. The van der Waals surface area contributed by atoms with Crippen LogP contribution in [0.15, 0.2) is 116 Å². The van der Waals surface area contributed by atoms with Crippen molar-refractivity contribution in [3.63, 3.8) is 0 Å². The molecule has 0 aliphatic carbocycles. The average Bonchev–Trinajstić information content (AvgIpc) is 3.65. The zero-order valence-corrected chi connectivity index (χ0v) is 28.2. The summed E-state index contributed by atoms with van der Waals surface area (Å²) in [7, 11) is 0. The molecule has 0 fully saturated rings. The SMILES string of the molecule is CC(C)(C)c1ccnc(-n2c3ccccc3c3ccc(Oc4cccc(-n5[c-][n+]6c(c5)C(C)(C)C(C)(C)c5ccccc5-6)c4)cc32)c1. The van der Waals surface area contributed by atoms with Crippen LogP contribution in [0.5, 0.6) is 11.5 Å². The number of aromatic nitrogens is 4. The van der Waals surface area contributed by atoms with Crippen molar-refractivity contribution in [3.8, 4) is 28.7 Å². The van der Waals surface area contributed by atoms with E-state index < -0.39 is 0 Å². The zero-order chi connectivity index (χ0) is 32.7. The summed E-state index contributed by atoms with van der Waals surface area (Å²) < 4.78 is 13.1. The van der Waals surface area contributed by atoms with Gasteiger partial charge in [-0.2, -0.15) is 0 Å². The number of nitrogens with zero attached hydrogens (tertiary/aromatic N) is 4. The normalized spacial score (nSPS) is 15.0. The van der Waals surface area contributed by atoms with Crippen LogP contribution in [0.4, 0.5) is 0 Å². The van der Waals surface area contributed by atoms with Gasteiger partial charge in [-0.25, -0.2) is 4.98 Å². The highest BCUT2D eigenvalue weighted by molar-refractivity contribution is 6.09. The number of ether oxygens (including phenoxy) is 1. The number of hydrogen-bond acceptors (Lipinski definition) is 2. The molecule has 3 aromatic heterocycles. The van der Waals surface area contributed by atoms with E-state index in [4.69, 9.17) is 9.72 Å². The minimum absolute atomic E-state index is 0.0139. The summed E-state index contributed by atoms with van der Waals surface area (Å²) in [5.74, 6) is 2.44. The van der Waals surface area contributed by atoms with E-state index in [2.05, 4.69) is 166 Å². The molecular formula is C42H40N4O. The van der Waals surface area contributed by atoms with Crippen LogP contribution >= 0.6 is 0 Å². The van der Waals surface area contributed by atoms with Gasteiger partial charge in [0.25, 0.3) is 6.33 Å². The van der Waals surface area contributed by atoms with Gasteiger partial charge in [-0.15, -0.1) is 0 Å². The first-order valence-corrected chi connectivity index (χ1v) is 16.4. The maximum atomic E-state index is 6.58. The van der Waals surface area contributed by atoms with Crippen LogP contribution in [0.2, 0.25) is 0 Å². The van der Waals surface area contributed by atoms with E-state index in [1.54, 1.807) is 0 Å². The molecule has 0 unspecified atom stereocenters. The fraction of sp³-hybridized carbons (Fsp3) is 0.238. The van der Waals surface area contributed by atoms with Crippen LogP contribution in [0.25, 0.3) is 39.0 Å². The van der Waals surface area contributed by atoms with Gasteiger partial charge in [0.05, 0.1) is 28.1 Å². The van der Waals surface area contributed by atoms with Crippen molar-refractivity contribution in [1.29, 1.82) is 0 Å². The number of rotatable bonds is 4. The maximum Gasteiger partial charge on any atom is 0.269 e. The van der Waals surface area contributed by atoms with Gasteiger partial charge < -0.3 is 4.74 Å². The summed E-state index contributed by atoms with van der Waals surface area (Å²) in [6.45, 7) is 16.0. The monoisotopic (exact) mass is 616 g/mol. The van der Waals surface area contributed by atoms with Crippen LogP contribution in [0, 0.1) is 6.33 Å². The summed E-state index contributed by atoms with van der Waals surface area (Å²) in [4.78, 5) is 4.83. The van der Waals surface area contributed by atoms with E-state index in [1.165, 1.54) is 33.3 Å². The Labute approximate surface area is 276 Å². The number of fused-ring (bicyclic) bond motifs is 6. The number of benzene rings is 4. The Morgan fingerprint density at radius 1 is 0.723 bits per heavy atom. The quantitative estimate of drug-likeness (QED) is 0.146. The molecule has 4 heterocycles. The van der Waals surface area contributed by atoms with E-state index in [0.717, 1.165) is 34.0 Å². The van der Waals surface area contributed by atoms with E-state index in [-0.39, 0.29) is 16.2 Å². The van der Waals surface area contributed by atoms with Crippen molar-refractivity contribution < 1.29 is 9.30 Å². The molecule has 0 saturated carbocycles. The van der Waals surface area contributed by atoms with Crippen LogP contribution < -0.4 is 9.30 Å². The Kier molecular flexibility index (Phi) is 6.33. The molecule has 1 aliphatic rings. The fourth-order valence-corrected chi connectivity index (χ4v) is 7.08. The minimum atomic E-state index is -0.105. The molecule has 7 aromatic rings. The Bertz CT molecular complexity index is 2330.